The van der Waals surface area contributed by atoms with E-state index >= 15 is 0 Å². The van der Waals surface area contributed by atoms with Crippen molar-refractivity contribution in [3.05, 3.63) is 75.6 Å². The fourth-order valence-corrected chi connectivity index (χ4v) is 2.56. The van der Waals surface area contributed by atoms with Gasteiger partial charge in [0.25, 0.3) is 5.91 Å². The van der Waals surface area contributed by atoms with Crippen LogP contribution in [0.4, 0.5) is 8.78 Å². The van der Waals surface area contributed by atoms with Gasteiger partial charge in [-0.05, 0) is 49.7 Å². The Morgan fingerprint density at radius 2 is 1.96 bits per heavy atom. The van der Waals surface area contributed by atoms with Gasteiger partial charge in [0.2, 0.25) is 0 Å². The number of nitrogens with zero attached hydrogens (tertiary/aromatic N) is 1. The first kappa shape index (κ1) is 19.2. The van der Waals surface area contributed by atoms with Gasteiger partial charge >= 0.3 is 5.63 Å². The van der Waals surface area contributed by atoms with Crippen molar-refractivity contribution in [2.24, 2.45) is 5.10 Å². The highest BCUT2D eigenvalue weighted by Gasteiger charge is 2.09. The topological polar surface area (TPSA) is 80.9 Å². The monoisotopic (exact) mass is 386 g/mol. The van der Waals surface area contributed by atoms with Crippen LogP contribution in [0.15, 0.2) is 56.8 Å². The minimum absolute atomic E-state index is 0.0545. The highest BCUT2D eigenvalue weighted by atomic mass is 19.1. The number of hydrazone groups is 1. The second-order valence-corrected chi connectivity index (χ2v) is 6.05. The van der Waals surface area contributed by atoms with Crippen LogP contribution in [0.1, 0.15) is 18.1 Å². The average Bonchev–Trinajstić information content (AvgIpc) is 2.65. The van der Waals surface area contributed by atoms with Crippen molar-refractivity contribution < 1.29 is 22.7 Å². The van der Waals surface area contributed by atoms with Crippen molar-refractivity contribution in [3.63, 3.8) is 0 Å². The number of amides is 1. The van der Waals surface area contributed by atoms with Crippen LogP contribution in [0.5, 0.6) is 5.75 Å². The van der Waals surface area contributed by atoms with E-state index in [9.17, 15) is 18.4 Å². The number of carbonyl (C=O) groups excluding carboxylic acids is 1. The van der Waals surface area contributed by atoms with E-state index in [1.807, 2.05) is 0 Å². The SMILES string of the molecule is C/C(=N/NC(=O)COc1ccc2c(C)cc(=O)oc2c1)c1cc(F)ccc1F. The van der Waals surface area contributed by atoms with Gasteiger partial charge in [0.05, 0.1) is 5.71 Å². The Balaban J connectivity index is 1.65. The largest absolute Gasteiger partial charge is 0.484 e. The molecule has 0 aliphatic carbocycles. The van der Waals surface area contributed by atoms with E-state index in [1.165, 1.54) is 19.1 Å². The maximum Gasteiger partial charge on any atom is 0.336 e. The smallest absolute Gasteiger partial charge is 0.336 e. The molecule has 1 heterocycles. The Hall–Kier alpha value is -3.55. The number of halogens is 2. The molecule has 0 spiro atoms. The lowest BCUT2D eigenvalue weighted by molar-refractivity contribution is -0.123. The van der Waals surface area contributed by atoms with Gasteiger partial charge in [-0.2, -0.15) is 5.10 Å². The van der Waals surface area contributed by atoms with Crippen molar-refractivity contribution in [1.29, 1.82) is 0 Å². The first-order chi connectivity index (χ1) is 13.3. The lowest BCUT2D eigenvalue weighted by Gasteiger charge is -2.07. The second-order valence-electron chi connectivity index (χ2n) is 6.05. The number of ether oxygens (including phenoxy) is 1. The summed E-state index contributed by atoms with van der Waals surface area (Å²) in [7, 11) is 0. The van der Waals surface area contributed by atoms with Gasteiger partial charge in [-0.3, -0.25) is 4.79 Å². The van der Waals surface area contributed by atoms with Crippen LogP contribution in [-0.4, -0.2) is 18.2 Å². The number of fused-ring (bicyclic) bond motifs is 1. The molecule has 2 aromatic carbocycles. The molecule has 0 fully saturated rings. The Morgan fingerprint density at radius 3 is 2.75 bits per heavy atom. The quantitative estimate of drug-likeness (QED) is 0.414. The molecule has 3 aromatic rings. The lowest BCUT2D eigenvalue weighted by Crippen LogP contribution is -2.25. The van der Waals surface area contributed by atoms with E-state index in [2.05, 4.69) is 10.5 Å². The van der Waals surface area contributed by atoms with Crippen LogP contribution in [0, 0.1) is 18.6 Å². The normalized spacial score (nSPS) is 11.5. The second kappa shape index (κ2) is 7.99. The molecule has 28 heavy (non-hydrogen) atoms. The number of hydrogen-bond donors (Lipinski definition) is 1. The Bertz CT molecular complexity index is 1140. The molecule has 0 saturated heterocycles. The molecule has 1 amide bonds. The number of benzene rings is 2. The van der Waals surface area contributed by atoms with Gasteiger partial charge in [0.15, 0.2) is 6.61 Å². The average molecular weight is 386 g/mol. The van der Waals surface area contributed by atoms with Gasteiger partial charge in [0, 0.05) is 23.1 Å². The number of rotatable bonds is 5. The molecule has 0 radical (unpaired) electrons. The first-order valence-corrected chi connectivity index (χ1v) is 8.29. The van der Waals surface area contributed by atoms with Gasteiger partial charge in [-0.25, -0.2) is 19.0 Å². The van der Waals surface area contributed by atoms with Crippen molar-refractivity contribution in [3.8, 4) is 5.75 Å². The summed E-state index contributed by atoms with van der Waals surface area (Å²) < 4.78 is 37.4. The van der Waals surface area contributed by atoms with Crippen molar-refractivity contribution in [2.45, 2.75) is 13.8 Å². The predicted molar refractivity (Wildman–Crippen MR) is 99.4 cm³/mol. The molecular formula is C20H16F2N2O4. The molecule has 3 rings (SSSR count). The highest BCUT2D eigenvalue weighted by Crippen LogP contribution is 2.22. The van der Waals surface area contributed by atoms with Gasteiger partial charge in [0.1, 0.15) is 23.0 Å². The van der Waals surface area contributed by atoms with Crippen LogP contribution in [0.2, 0.25) is 0 Å². The maximum atomic E-state index is 13.7. The minimum Gasteiger partial charge on any atom is -0.484 e. The van der Waals surface area contributed by atoms with E-state index in [1.54, 1.807) is 19.1 Å². The summed E-state index contributed by atoms with van der Waals surface area (Å²) in [6, 6.07) is 9.21. The first-order valence-electron chi connectivity index (χ1n) is 8.29. The predicted octanol–water partition coefficient (Wildman–Crippen LogP) is 3.30. The zero-order chi connectivity index (χ0) is 20.3. The molecule has 0 aliphatic rings. The standard InChI is InChI=1S/C20H16F2N2O4/c1-11-7-20(26)28-18-9-14(4-5-15(11)18)27-10-19(25)24-23-12(2)16-8-13(21)3-6-17(16)22/h3-9H,10H2,1-2H3,(H,24,25)/b23-12-. The summed E-state index contributed by atoms with van der Waals surface area (Å²) in [6.07, 6.45) is 0. The molecule has 1 aromatic heterocycles. The molecule has 6 nitrogen and oxygen atoms in total. The summed E-state index contributed by atoms with van der Waals surface area (Å²) in [5, 5.41) is 4.51. The number of carbonyl (C=O) groups is 1. The molecule has 1 N–H and O–H groups in total. The van der Waals surface area contributed by atoms with Crippen molar-refractivity contribution >= 4 is 22.6 Å². The molecule has 0 saturated carbocycles. The fraction of sp³-hybridized carbons (Fsp3) is 0.150. The van der Waals surface area contributed by atoms with Crippen molar-refractivity contribution in [2.75, 3.05) is 6.61 Å². The summed E-state index contributed by atoms with van der Waals surface area (Å²) in [6.45, 7) is 2.85. The maximum absolute atomic E-state index is 13.7. The van der Waals surface area contributed by atoms with Crippen LogP contribution in [-0.2, 0) is 4.79 Å². The minimum atomic E-state index is -0.652. The molecule has 0 aliphatic heterocycles. The van der Waals surface area contributed by atoms with E-state index in [0.29, 0.717) is 11.3 Å². The summed E-state index contributed by atoms with van der Waals surface area (Å²) >= 11 is 0. The summed E-state index contributed by atoms with van der Waals surface area (Å²) in [5.41, 5.74) is 2.90. The molecule has 144 valence electrons. The third kappa shape index (κ3) is 4.40. The van der Waals surface area contributed by atoms with Crippen LogP contribution in [0.3, 0.4) is 0 Å². The van der Waals surface area contributed by atoms with E-state index in [4.69, 9.17) is 9.15 Å². The van der Waals surface area contributed by atoms with Gasteiger partial charge in [-0.1, -0.05) is 0 Å². The zero-order valence-corrected chi connectivity index (χ0v) is 15.1. The van der Waals surface area contributed by atoms with Crippen LogP contribution >= 0.6 is 0 Å². The Labute approximate surface area is 158 Å². The highest BCUT2D eigenvalue weighted by molar-refractivity contribution is 5.99. The lowest BCUT2D eigenvalue weighted by atomic mass is 10.1. The van der Waals surface area contributed by atoms with Crippen LogP contribution in [0.25, 0.3) is 11.0 Å². The third-order valence-corrected chi connectivity index (χ3v) is 3.96. The molecule has 0 atom stereocenters. The Morgan fingerprint density at radius 1 is 1.18 bits per heavy atom. The van der Waals surface area contributed by atoms with E-state index in [-0.39, 0.29) is 17.9 Å². The fourth-order valence-electron chi connectivity index (χ4n) is 2.56. The molecule has 8 heteroatoms. The number of hydrogen-bond acceptors (Lipinski definition) is 5. The zero-order valence-electron chi connectivity index (χ0n) is 15.1. The van der Waals surface area contributed by atoms with Gasteiger partial charge < -0.3 is 9.15 Å². The van der Waals surface area contributed by atoms with E-state index < -0.39 is 23.2 Å². The third-order valence-electron chi connectivity index (χ3n) is 3.96. The number of aryl methyl sites for hydroxylation is 1. The van der Waals surface area contributed by atoms with Crippen molar-refractivity contribution in [1.82, 2.24) is 5.43 Å². The van der Waals surface area contributed by atoms with Crippen LogP contribution < -0.4 is 15.8 Å². The number of nitrogens with one attached hydrogen (secondary N) is 1. The molecule has 0 bridgehead atoms. The van der Waals surface area contributed by atoms with Gasteiger partial charge in [-0.15, -0.1) is 0 Å². The summed E-state index contributed by atoms with van der Waals surface area (Å²) in [5.74, 6) is -1.53. The molecule has 0 unspecified atom stereocenters. The van der Waals surface area contributed by atoms with E-state index in [0.717, 1.165) is 29.1 Å². The Kier molecular flexibility index (Phi) is 5.49. The molecular weight excluding hydrogens is 370 g/mol. The summed E-state index contributed by atoms with van der Waals surface area (Å²) in [4.78, 5) is 23.3.